The van der Waals surface area contributed by atoms with Crippen molar-refractivity contribution in [3.05, 3.63) is 29.2 Å². The molecular formula is C17H19N3O3. The molecule has 6 nitrogen and oxygen atoms in total. The van der Waals surface area contributed by atoms with Gasteiger partial charge in [-0.25, -0.2) is 0 Å². The van der Waals surface area contributed by atoms with Crippen molar-refractivity contribution in [2.75, 3.05) is 13.1 Å². The van der Waals surface area contributed by atoms with Gasteiger partial charge in [0.05, 0.1) is 5.57 Å². The van der Waals surface area contributed by atoms with Crippen molar-refractivity contribution in [3.63, 3.8) is 0 Å². The lowest BCUT2D eigenvalue weighted by Gasteiger charge is -2.38. The molecule has 1 aliphatic carbocycles. The third-order valence-corrected chi connectivity index (χ3v) is 4.74. The number of aromatic nitrogens is 1. The fraction of sp³-hybridized carbons (Fsp3) is 0.529. The smallest absolute Gasteiger partial charge is 0.276 e. The second kappa shape index (κ2) is 5.05. The average Bonchev–Trinajstić information content (AvgIpc) is 3.09. The Morgan fingerprint density at radius 3 is 2.83 bits per heavy atom. The number of amides is 1. The van der Waals surface area contributed by atoms with E-state index in [9.17, 15) is 14.9 Å². The van der Waals surface area contributed by atoms with Gasteiger partial charge in [-0.15, -0.1) is 0 Å². The minimum absolute atomic E-state index is 0.109. The largest absolute Gasteiger partial charge is 0.361 e. The monoisotopic (exact) mass is 313 g/mol. The number of aryl methyl sites for hydroxylation is 1. The second-order valence-electron chi connectivity index (χ2n) is 7.22. The fourth-order valence-electron chi connectivity index (χ4n) is 3.79. The number of allylic oxidation sites excluding steroid dienone is 1. The zero-order valence-electron chi connectivity index (χ0n) is 13.5. The number of ketones is 1. The number of carbonyl (C=O) groups excluding carboxylic acids is 2. The van der Waals surface area contributed by atoms with E-state index < -0.39 is 5.41 Å². The van der Waals surface area contributed by atoms with Crippen LogP contribution in [0.5, 0.6) is 0 Å². The molecule has 0 bridgehead atoms. The van der Waals surface area contributed by atoms with Gasteiger partial charge in [-0.2, -0.15) is 5.26 Å². The number of hydrogen-bond donors (Lipinski definition) is 0. The van der Waals surface area contributed by atoms with Crippen molar-refractivity contribution in [1.82, 2.24) is 10.1 Å². The second-order valence-corrected chi connectivity index (χ2v) is 7.22. The zero-order valence-corrected chi connectivity index (χ0v) is 13.5. The van der Waals surface area contributed by atoms with Crippen LogP contribution >= 0.6 is 0 Å². The molecule has 0 N–H and O–H groups in total. The summed E-state index contributed by atoms with van der Waals surface area (Å²) in [5.41, 5.74) is -0.372. The average molecular weight is 313 g/mol. The predicted molar refractivity (Wildman–Crippen MR) is 81.3 cm³/mol. The Morgan fingerprint density at radius 1 is 1.48 bits per heavy atom. The molecule has 0 aromatic carbocycles. The van der Waals surface area contributed by atoms with Crippen LogP contribution in [0, 0.1) is 29.1 Å². The first-order valence-corrected chi connectivity index (χ1v) is 7.67. The van der Waals surface area contributed by atoms with Gasteiger partial charge in [0.1, 0.15) is 11.8 Å². The van der Waals surface area contributed by atoms with Gasteiger partial charge in [0.2, 0.25) is 0 Å². The van der Waals surface area contributed by atoms with Crippen LogP contribution in [-0.2, 0) is 4.79 Å². The third-order valence-electron chi connectivity index (χ3n) is 4.74. The highest BCUT2D eigenvalue weighted by molar-refractivity contribution is 6.03. The molecule has 0 radical (unpaired) electrons. The van der Waals surface area contributed by atoms with Crippen LogP contribution in [0.2, 0.25) is 0 Å². The summed E-state index contributed by atoms with van der Waals surface area (Å²) in [7, 11) is 0. The van der Waals surface area contributed by atoms with E-state index in [1.807, 2.05) is 19.9 Å². The van der Waals surface area contributed by atoms with Crippen LogP contribution in [0.25, 0.3) is 0 Å². The molecule has 1 saturated heterocycles. The van der Waals surface area contributed by atoms with Crippen LogP contribution in [0.15, 0.2) is 22.2 Å². The molecular weight excluding hydrogens is 294 g/mol. The van der Waals surface area contributed by atoms with Gasteiger partial charge in [-0.05, 0) is 19.8 Å². The summed E-state index contributed by atoms with van der Waals surface area (Å²) in [6.07, 6.45) is 3.17. The number of carbonyl (C=O) groups is 2. The van der Waals surface area contributed by atoms with Crippen LogP contribution < -0.4 is 0 Å². The zero-order chi connectivity index (χ0) is 16.8. The van der Waals surface area contributed by atoms with Crippen molar-refractivity contribution in [1.29, 1.82) is 5.26 Å². The van der Waals surface area contributed by atoms with Crippen LogP contribution in [0.1, 0.15) is 42.9 Å². The molecule has 1 aromatic rings. The van der Waals surface area contributed by atoms with E-state index in [4.69, 9.17) is 4.52 Å². The lowest BCUT2D eigenvalue weighted by Crippen LogP contribution is -2.40. The molecule has 1 aliphatic heterocycles. The molecule has 0 unspecified atom stereocenters. The summed E-state index contributed by atoms with van der Waals surface area (Å²) < 4.78 is 4.97. The first-order valence-electron chi connectivity index (χ1n) is 7.67. The maximum absolute atomic E-state index is 12.5. The van der Waals surface area contributed by atoms with Crippen LogP contribution in [0.3, 0.4) is 0 Å². The van der Waals surface area contributed by atoms with E-state index in [2.05, 4.69) is 5.16 Å². The van der Waals surface area contributed by atoms with Crippen LogP contribution in [0.4, 0.5) is 0 Å². The van der Waals surface area contributed by atoms with Gasteiger partial charge in [-0.1, -0.05) is 25.1 Å². The first kappa shape index (κ1) is 15.5. The van der Waals surface area contributed by atoms with Gasteiger partial charge in [0, 0.05) is 30.0 Å². The number of Topliss-reactive ketones (excluding diaryl/α,β-unsaturated/α-hetero) is 1. The van der Waals surface area contributed by atoms with Gasteiger partial charge >= 0.3 is 0 Å². The fourth-order valence-corrected chi connectivity index (χ4v) is 3.79. The summed E-state index contributed by atoms with van der Waals surface area (Å²) in [6, 6.07) is 3.64. The Kier molecular flexibility index (Phi) is 3.40. The molecule has 23 heavy (non-hydrogen) atoms. The standard InChI is InChI=1S/C17H19N3O3/c1-11-6-13(19-23-11)15(22)20-5-4-17(10-20)7-12(8-18)14(21)16(2,3)9-17/h6-7H,4-5,9-10H2,1-3H3/t17-/m0/s1. The Morgan fingerprint density at radius 2 is 2.22 bits per heavy atom. The van der Waals surface area contributed by atoms with Crippen molar-refractivity contribution in [2.45, 2.75) is 33.6 Å². The lowest BCUT2D eigenvalue weighted by atomic mass is 9.64. The van der Waals surface area contributed by atoms with Crippen molar-refractivity contribution in [2.24, 2.45) is 10.8 Å². The highest BCUT2D eigenvalue weighted by atomic mass is 16.5. The van der Waals surface area contributed by atoms with E-state index >= 15 is 0 Å². The number of hydrogen-bond acceptors (Lipinski definition) is 5. The molecule has 2 aliphatic rings. The van der Waals surface area contributed by atoms with E-state index in [0.717, 1.165) is 6.42 Å². The highest BCUT2D eigenvalue weighted by Gasteiger charge is 2.49. The van der Waals surface area contributed by atoms with Crippen molar-refractivity contribution < 1.29 is 14.1 Å². The SMILES string of the molecule is Cc1cc(C(=O)N2CC[C@@]3(C=C(C#N)C(=O)C(C)(C)C3)C2)no1. The van der Waals surface area contributed by atoms with E-state index in [-0.39, 0.29) is 22.7 Å². The molecule has 3 rings (SSSR count). The quantitative estimate of drug-likeness (QED) is 0.793. The molecule has 0 saturated carbocycles. The number of likely N-dealkylation sites (tertiary alicyclic amines) is 1. The van der Waals surface area contributed by atoms with E-state index in [1.165, 1.54) is 0 Å². The molecule has 6 heteroatoms. The Labute approximate surface area is 134 Å². The summed E-state index contributed by atoms with van der Waals surface area (Å²) in [5.74, 6) is 0.321. The van der Waals surface area contributed by atoms with Gasteiger partial charge < -0.3 is 9.42 Å². The van der Waals surface area contributed by atoms with Crippen molar-refractivity contribution in [3.8, 4) is 6.07 Å². The Balaban J connectivity index is 1.86. The van der Waals surface area contributed by atoms with Gasteiger partial charge in [0.25, 0.3) is 5.91 Å². The van der Waals surface area contributed by atoms with E-state index in [0.29, 0.717) is 31.0 Å². The molecule has 1 spiro atoms. The molecule has 1 fully saturated rings. The maximum Gasteiger partial charge on any atom is 0.276 e. The molecule has 1 aromatic heterocycles. The lowest BCUT2D eigenvalue weighted by molar-refractivity contribution is -0.125. The molecule has 1 atom stereocenters. The Bertz CT molecular complexity index is 753. The summed E-state index contributed by atoms with van der Waals surface area (Å²) in [4.78, 5) is 26.5. The number of rotatable bonds is 1. The van der Waals surface area contributed by atoms with Crippen molar-refractivity contribution >= 4 is 11.7 Å². The third kappa shape index (κ3) is 2.56. The summed E-state index contributed by atoms with van der Waals surface area (Å²) in [6.45, 7) is 6.57. The predicted octanol–water partition coefficient (Wildman–Crippen LogP) is 2.26. The molecule has 2 heterocycles. The minimum Gasteiger partial charge on any atom is -0.361 e. The normalized spacial score (nSPS) is 26.3. The van der Waals surface area contributed by atoms with E-state index in [1.54, 1.807) is 24.0 Å². The number of nitriles is 1. The summed E-state index contributed by atoms with van der Waals surface area (Å²) in [5, 5.41) is 13.0. The van der Waals surface area contributed by atoms with Crippen LogP contribution in [-0.4, -0.2) is 34.8 Å². The summed E-state index contributed by atoms with van der Waals surface area (Å²) >= 11 is 0. The van der Waals surface area contributed by atoms with Gasteiger partial charge in [-0.3, -0.25) is 9.59 Å². The maximum atomic E-state index is 12.5. The first-order chi connectivity index (χ1) is 10.8. The number of nitrogens with zero attached hydrogens (tertiary/aromatic N) is 3. The van der Waals surface area contributed by atoms with Gasteiger partial charge in [0.15, 0.2) is 11.5 Å². The highest BCUT2D eigenvalue weighted by Crippen LogP contribution is 2.48. The Hall–Kier alpha value is -2.42. The topological polar surface area (TPSA) is 87.2 Å². The minimum atomic E-state index is -0.580. The molecule has 120 valence electrons. The molecule has 1 amide bonds.